The van der Waals surface area contributed by atoms with Gasteiger partial charge in [-0.3, -0.25) is 19.8 Å². The Hall–Kier alpha value is -5.04. The van der Waals surface area contributed by atoms with Gasteiger partial charge in [-0.25, -0.2) is 4.79 Å². The summed E-state index contributed by atoms with van der Waals surface area (Å²) in [5.41, 5.74) is 0.736. The van der Waals surface area contributed by atoms with Gasteiger partial charge in [-0.05, 0) is 71.9 Å². The maximum absolute atomic E-state index is 15.0. The predicted molar refractivity (Wildman–Crippen MR) is 195 cm³/mol. The summed E-state index contributed by atoms with van der Waals surface area (Å²) in [4.78, 5) is 41.6. The van der Waals surface area contributed by atoms with Crippen molar-refractivity contribution in [3.63, 3.8) is 0 Å². The Bertz CT molecular complexity index is 1810. The Kier molecular flexibility index (Phi) is 9.58. The summed E-state index contributed by atoms with van der Waals surface area (Å²) in [5, 5.41) is 15.7. The average molecular weight is 674 g/mol. The Morgan fingerprint density at radius 3 is 1.73 bits per heavy atom. The molecule has 1 fully saturated rings. The van der Waals surface area contributed by atoms with Crippen LogP contribution in [0.5, 0.6) is 0 Å². The molecule has 5 aromatic rings. The van der Waals surface area contributed by atoms with Crippen LogP contribution >= 0.6 is 19.5 Å². The lowest BCUT2D eigenvalue weighted by molar-refractivity contribution is -0.384. The van der Waals surface area contributed by atoms with Crippen molar-refractivity contribution < 1.29 is 19.2 Å². The van der Waals surface area contributed by atoms with Gasteiger partial charge in [0.1, 0.15) is 29.8 Å². The van der Waals surface area contributed by atoms with Crippen molar-refractivity contribution in [2.45, 2.75) is 37.2 Å². The molecule has 3 unspecified atom stereocenters. The maximum atomic E-state index is 15.0. The zero-order valence-electron chi connectivity index (χ0n) is 26.3. The van der Waals surface area contributed by atoms with Crippen molar-refractivity contribution in [2.24, 2.45) is 0 Å². The van der Waals surface area contributed by atoms with Crippen molar-refractivity contribution in [1.29, 1.82) is 0 Å². The number of non-ortho nitro benzene ring substituents is 1. The number of rotatable bonds is 12. The van der Waals surface area contributed by atoms with Crippen LogP contribution in [0, 0.1) is 10.1 Å². The van der Waals surface area contributed by atoms with E-state index in [4.69, 9.17) is 17.0 Å². The van der Waals surface area contributed by atoms with Crippen LogP contribution in [-0.2, 0) is 26.3 Å². The lowest BCUT2D eigenvalue weighted by atomic mass is 9.72. The van der Waals surface area contributed by atoms with Gasteiger partial charge < -0.3 is 4.74 Å². The van der Waals surface area contributed by atoms with E-state index in [9.17, 15) is 14.9 Å². The predicted octanol–water partition coefficient (Wildman–Crippen LogP) is 6.52. The highest BCUT2D eigenvalue weighted by Gasteiger charge is 2.65. The lowest BCUT2D eigenvalue weighted by Crippen LogP contribution is -2.68. The van der Waals surface area contributed by atoms with E-state index in [2.05, 4.69) is 0 Å². The number of benzene rings is 5. The maximum Gasteiger partial charge on any atom is 0.370 e. The van der Waals surface area contributed by atoms with Crippen LogP contribution in [0.2, 0.25) is 0 Å². The van der Waals surface area contributed by atoms with Gasteiger partial charge in [0.05, 0.1) is 11.0 Å². The number of esters is 1. The molecule has 48 heavy (non-hydrogen) atoms. The largest absolute Gasteiger partial charge is 0.456 e. The van der Waals surface area contributed by atoms with Crippen molar-refractivity contribution in [1.82, 2.24) is 4.90 Å². The molecule has 1 saturated heterocycles. The number of carbonyl (C=O) groups is 2. The second-order valence-corrected chi connectivity index (χ2v) is 15.6. The molecular weight excluding hydrogens is 639 g/mol. The summed E-state index contributed by atoms with van der Waals surface area (Å²) in [5.74, 6) is -1.77. The molecule has 0 bridgehead atoms. The summed E-state index contributed by atoms with van der Waals surface area (Å²) >= 11 is 5.69. The summed E-state index contributed by atoms with van der Waals surface area (Å²) in [7, 11) is -3.04. The molecule has 7 nitrogen and oxygen atoms in total. The van der Waals surface area contributed by atoms with Crippen LogP contribution < -0.4 is 15.9 Å². The van der Waals surface area contributed by atoms with E-state index < -0.39 is 35.4 Å². The zero-order chi connectivity index (χ0) is 33.7. The molecular formula is C39H34N2O5PS+. The third kappa shape index (κ3) is 5.94. The number of likely N-dealkylation sites (tertiary alicyclic amines) is 1. The minimum Gasteiger partial charge on any atom is -0.456 e. The second kappa shape index (κ2) is 14.0. The summed E-state index contributed by atoms with van der Waals surface area (Å²) in [6.07, 6.45) is 0.211. The molecule has 0 N–H and O–H groups in total. The summed E-state index contributed by atoms with van der Waals surface area (Å²) < 4.78 is 6.16. The van der Waals surface area contributed by atoms with Gasteiger partial charge in [-0.2, -0.15) is 0 Å². The number of carbonyl (C=O) groups excluding carboxylic acids is 2. The number of hydrogen-bond donors (Lipinski definition) is 0. The summed E-state index contributed by atoms with van der Waals surface area (Å²) in [6, 6.07) is 45.0. The van der Waals surface area contributed by atoms with Gasteiger partial charge in [0.15, 0.2) is 0 Å². The minimum atomic E-state index is -3.04. The smallest absolute Gasteiger partial charge is 0.370 e. The normalized spacial score (nSPS) is 16.2. The van der Waals surface area contributed by atoms with Crippen LogP contribution in [0.1, 0.15) is 24.5 Å². The molecule has 0 aliphatic carbocycles. The van der Waals surface area contributed by atoms with Crippen LogP contribution in [0.4, 0.5) is 5.69 Å². The quantitative estimate of drug-likeness (QED) is 0.0375. The van der Waals surface area contributed by atoms with E-state index in [0.717, 1.165) is 21.5 Å². The third-order valence-corrected chi connectivity index (χ3v) is 14.2. The molecule has 1 heterocycles. The second-order valence-electron chi connectivity index (χ2n) is 11.9. The molecule has 0 saturated carbocycles. The molecule has 0 spiro atoms. The summed E-state index contributed by atoms with van der Waals surface area (Å²) in [6.45, 7) is 1.90. The number of nitro groups is 1. The van der Waals surface area contributed by atoms with Gasteiger partial charge >= 0.3 is 5.97 Å². The number of nitrogens with zero attached hydrogens (tertiary/aromatic N) is 2. The number of ether oxygens (including phenoxy) is 1. The fraction of sp³-hybridized carbons (Fsp3) is 0.154. The molecule has 9 heteroatoms. The molecule has 6 rings (SSSR count). The fourth-order valence-corrected chi connectivity index (χ4v) is 11.7. The molecule has 1 aliphatic rings. The standard InChI is InChI=1S/C39H34N2O5PS/c1-39(28-48,30-14-6-2-7-15-30)35-26-36(42)40(35)37(38(43)46-27-29-22-24-31(25-23-29)41(44)45)47(32-16-8-3-9-17-32,33-18-10-4-11-19-33)34-20-12-5-13-21-34/h2-25,28,35,37H,26-27H2,1H3/q+1. The van der Waals surface area contributed by atoms with Gasteiger partial charge in [-0.1, -0.05) is 97.1 Å². The van der Waals surface area contributed by atoms with Crippen LogP contribution in [0.25, 0.3) is 0 Å². The monoisotopic (exact) mass is 673 g/mol. The van der Waals surface area contributed by atoms with E-state index >= 15 is 4.79 Å². The van der Waals surface area contributed by atoms with Crippen LogP contribution in [0.15, 0.2) is 146 Å². The first-order valence-electron chi connectivity index (χ1n) is 15.6. The zero-order valence-corrected chi connectivity index (χ0v) is 28.0. The van der Waals surface area contributed by atoms with Crippen molar-refractivity contribution >= 4 is 58.3 Å². The van der Waals surface area contributed by atoms with E-state index in [0.29, 0.717) is 5.56 Å². The Balaban J connectivity index is 1.57. The van der Waals surface area contributed by atoms with Crippen molar-refractivity contribution in [2.75, 3.05) is 0 Å². The van der Waals surface area contributed by atoms with Gasteiger partial charge in [0.2, 0.25) is 5.91 Å². The van der Waals surface area contributed by atoms with Crippen LogP contribution in [-0.4, -0.2) is 38.9 Å². The first-order chi connectivity index (χ1) is 23.3. The molecule has 3 atom stereocenters. The van der Waals surface area contributed by atoms with E-state index in [1.807, 2.05) is 128 Å². The number of hydrogen-bond acceptors (Lipinski definition) is 6. The minimum absolute atomic E-state index is 0.0560. The van der Waals surface area contributed by atoms with Crippen molar-refractivity contribution in [3.8, 4) is 0 Å². The SMILES string of the molecule is CC(C=S)(c1ccccc1)C1CC(=O)N1C(C(=O)OCc1ccc([N+](=O)[O-])cc1)[P+](c1ccccc1)(c1ccccc1)c1ccccc1. The molecule has 240 valence electrons. The van der Waals surface area contributed by atoms with E-state index in [1.165, 1.54) is 12.1 Å². The van der Waals surface area contributed by atoms with Gasteiger partial charge in [-0.15, -0.1) is 0 Å². The number of thiocarbonyl (C=S) groups is 1. The average Bonchev–Trinajstić information content (AvgIpc) is 3.14. The Labute approximate surface area is 285 Å². The molecule has 1 amide bonds. The highest BCUT2D eigenvalue weighted by molar-refractivity contribution is 7.96. The Morgan fingerprint density at radius 1 is 0.854 bits per heavy atom. The molecule has 0 aromatic heterocycles. The third-order valence-electron chi connectivity index (χ3n) is 9.18. The molecule has 5 aromatic carbocycles. The van der Waals surface area contributed by atoms with Gasteiger partial charge in [0, 0.05) is 24.0 Å². The first kappa shape index (κ1) is 32.9. The molecule has 1 aliphatic heterocycles. The first-order valence-corrected chi connectivity index (χ1v) is 17.9. The fourth-order valence-electron chi connectivity index (χ4n) is 6.64. The number of amides is 1. The highest BCUT2D eigenvalue weighted by Crippen LogP contribution is 2.63. The molecule has 0 radical (unpaired) electrons. The van der Waals surface area contributed by atoms with E-state index in [-0.39, 0.29) is 24.6 Å². The Morgan fingerprint density at radius 2 is 1.31 bits per heavy atom. The van der Waals surface area contributed by atoms with Crippen LogP contribution in [0.3, 0.4) is 0 Å². The van der Waals surface area contributed by atoms with Crippen molar-refractivity contribution in [3.05, 3.63) is 167 Å². The number of β-lactam (4-membered cyclic amide) rings is 1. The highest BCUT2D eigenvalue weighted by atomic mass is 32.1. The topological polar surface area (TPSA) is 89.8 Å². The lowest BCUT2D eigenvalue weighted by Gasteiger charge is -2.53. The van der Waals surface area contributed by atoms with E-state index in [1.54, 1.807) is 22.4 Å². The van der Waals surface area contributed by atoms with Gasteiger partial charge in [0.25, 0.3) is 11.5 Å². The number of nitro benzene ring substituents is 1.